The third kappa shape index (κ3) is 1.60. The van der Waals surface area contributed by atoms with Gasteiger partial charge in [0.25, 0.3) is 0 Å². The minimum absolute atomic E-state index is 0.225. The molecular weight excluding hydrogens is 274 g/mol. The van der Waals surface area contributed by atoms with Crippen LogP contribution in [0.15, 0.2) is 28.7 Å². The van der Waals surface area contributed by atoms with Crippen LogP contribution in [-0.2, 0) is 4.79 Å². The molecule has 3 saturated heterocycles. The van der Waals surface area contributed by atoms with Gasteiger partial charge in [0.05, 0.1) is 5.25 Å². The van der Waals surface area contributed by atoms with E-state index in [1.54, 1.807) is 0 Å². The number of amides is 1. The summed E-state index contributed by atoms with van der Waals surface area (Å²) in [5.41, 5.74) is 1.02. The van der Waals surface area contributed by atoms with Gasteiger partial charge in [-0.1, -0.05) is 22.0 Å². The molecule has 78 valence electrons. The Hall–Kier alpha value is -0.480. The fourth-order valence-corrected chi connectivity index (χ4v) is 3.70. The predicted molar refractivity (Wildman–Crippen MR) is 66.3 cm³/mol. The molecule has 4 heteroatoms. The Morgan fingerprint density at radius 1 is 1.47 bits per heavy atom. The molecule has 3 heterocycles. The summed E-state index contributed by atoms with van der Waals surface area (Å²) in [6, 6.07) is 7.96. The van der Waals surface area contributed by atoms with Gasteiger partial charge >= 0.3 is 0 Å². The summed E-state index contributed by atoms with van der Waals surface area (Å²) in [6.45, 7) is 0.871. The summed E-state index contributed by atoms with van der Waals surface area (Å²) in [4.78, 5) is 13.9. The van der Waals surface area contributed by atoms with E-state index in [1.165, 1.54) is 0 Å². The van der Waals surface area contributed by atoms with Crippen molar-refractivity contribution in [2.45, 2.75) is 16.9 Å². The van der Waals surface area contributed by atoms with Crippen molar-refractivity contribution in [1.82, 2.24) is 0 Å². The molecule has 15 heavy (non-hydrogen) atoms. The second-order valence-electron chi connectivity index (χ2n) is 3.91. The van der Waals surface area contributed by atoms with Gasteiger partial charge in [0.2, 0.25) is 5.91 Å². The molecule has 0 spiro atoms. The minimum Gasteiger partial charge on any atom is -0.310 e. The monoisotopic (exact) mass is 283 g/mol. The van der Waals surface area contributed by atoms with E-state index in [4.69, 9.17) is 0 Å². The Labute approximate surface area is 101 Å². The number of benzene rings is 1. The number of thioether (sulfide) groups is 1. The lowest BCUT2D eigenvalue weighted by molar-refractivity contribution is -0.119. The Morgan fingerprint density at radius 2 is 2.27 bits per heavy atom. The van der Waals surface area contributed by atoms with E-state index in [9.17, 15) is 4.79 Å². The van der Waals surface area contributed by atoms with Crippen LogP contribution >= 0.6 is 27.7 Å². The third-order valence-electron chi connectivity index (χ3n) is 2.88. The van der Waals surface area contributed by atoms with E-state index >= 15 is 0 Å². The van der Waals surface area contributed by atoms with E-state index in [0.717, 1.165) is 23.1 Å². The summed E-state index contributed by atoms with van der Waals surface area (Å²) < 4.78 is 1.03. The SMILES string of the molecule is O=C1C2CC(CN1c1cccc(Br)c1)S2. The molecule has 0 saturated carbocycles. The number of anilines is 1. The van der Waals surface area contributed by atoms with E-state index < -0.39 is 0 Å². The number of nitrogens with zero attached hydrogens (tertiary/aromatic N) is 1. The van der Waals surface area contributed by atoms with Crippen molar-refractivity contribution >= 4 is 39.3 Å². The number of carbonyl (C=O) groups excluding carboxylic acids is 1. The first-order valence-electron chi connectivity index (χ1n) is 4.96. The van der Waals surface area contributed by atoms with Crippen LogP contribution in [0.5, 0.6) is 0 Å². The zero-order valence-corrected chi connectivity index (χ0v) is 10.4. The number of hydrogen-bond donors (Lipinski definition) is 0. The van der Waals surface area contributed by atoms with Crippen molar-refractivity contribution < 1.29 is 4.79 Å². The maximum atomic E-state index is 12.0. The lowest BCUT2D eigenvalue weighted by Gasteiger charge is -2.45. The lowest BCUT2D eigenvalue weighted by Crippen LogP contribution is -2.55. The van der Waals surface area contributed by atoms with Crippen LogP contribution in [0.3, 0.4) is 0 Å². The molecule has 3 aliphatic rings. The predicted octanol–water partition coefficient (Wildman–Crippen LogP) is 2.67. The Kier molecular flexibility index (Phi) is 2.29. The fraction of sp³-hybridized carbons (Fsp3) is 0.364. The van der Waals surface area contributed by atoms with Gasteiger partial charge in [0.15, 0.2) is 0 Å². The molecular formula is C11H10BrNOS. The molecule has 3 fully saturated rings. The summed E-state index contributed by atoms with van der Waals surface area (Å²) in [5, 5.41) is 0.884. The van der Waals surface area contributed by atoms with E-state index in [2.05, 4.69) is 15.9 Å². The van der Waals surface area contributed by atoms with Crippen molar-refractivity contribution in [1.29, 1.82) is 0 Å². The summed E-state index contributed by atoms with van der Waals surface area (Å²) in [6.07, 6.45) is 1.08. The standard InChI is InChI=1S/C11H10BrNOS/c12-7-2-1-3-8(4-7)13-6-9-5-10(15-9)11(13)14/h1-4,9-10H,5-6H2. The molecule has 0 N–H and O–H groups in total. The number of hydrogen-bond acceptors (Lipinski definition) is 2. The molecule has 1 aromatic carbocycles. The molecule has 1 amide bonds. The number of carbonyl (C=O) groups is 1. The molecule has 4 rings (SSSR count). The Morgan fingerprint density at radius 3 is 2.93 bits per heavy atom. The van der Waals surface area contributed by atoms with Gasteiger partial charge in [0.1, 0.15) is 0 Å². The van der Waals surface area contributed by atoms with E-state index in [-0.39, 0.29) is 11.2 Å². The van der Waals surface area contributed by atoms with Gasteiger partial charge in [0, 0.05) is 22.0 Å². The van der Waals surface area contributed by atoms with Crippen molar-refractivity contribution in [2.75, 3.05) is 11.4 Å². The second-order valence-corrected chi connectivity index (χ2v) is 6.33. The Balaban J connectivity index is 1.91. The smallest absolute Gasteiger partial charge is 0.240 e. The number of rotatable bonds is 1. The molecule has 2 bridgehead atoms. The van der Waals surface area contributed by atoms with Crippen LogP contribution in [0.2, 0.25) is 0 Å². The molecule has 2 unspecified atom stereocenters. The van der Waals surface area contributed by atoms with Crippen LogP contribution in [0, 0.1) is 0 Å². The van der Waals surface area contributed by atoms with Gasteiger partial charge in [-0.05, 0) is 24.6 Å². The molecule has 0 aromatic heterocycles. The first-order valence-corrected chi connectivity index (χ1v) is 6.70. The largest absolute Gasteiger partial charge is 0.310 e. The van der Waals surface area contributed by atoms with Crippen LogP contribution in [0.4, 0.5) is 5.69 Å². The first kappa shape index (κ1) is 9.73. The van der Waals surface area contributed by atoms with E-state index in [0.29, 0.717) is 5.25 Å². The van der Waals surface area contributed by atoms with Gasteiger partial charge in [-0.3, -0.25) is 4.79 Å². The highest BCUT2D eigenvalue weighted by atomic mass is 79.9. The number of fused-ring (bicyclic) bond motifs is 2. The van der Waals surface area contributed by atoms with Crippen LogP contribution in [0.25, 0.3) is 0 Å². The second kappa shape index (κ2) is 3.52. The van der Waals surface area contributed by atoms with E-state index in [1.807, 2.05) is 40.9 Å². The maximum absolute atomic E-state index is 12.0. The highest BCUT2D eigenvalue weighted by Gasteiger charge is 2.44. The molecule has 2 nitrogen and oxygen atoms in total. The zero-order chi connectivity index (χ0) is 10.4. The maximum Gasteiger partial charge on any atom is 0.240 e. The van der Waals surface area contributed by atoms with Gasteiger partial charge in [-0.15, -0.1) is 11.8 Å². The highest BCUT2D eigenvalue weighted by Crippen LogP contribution is 2.43. The summed E-state index contributed by atoms with van der Waals surface area (Å²) in [7, 11) is 0. The van der Waals surface area contributed by atoms with Crippen LogP contribution < -0.4 is 4.90 Å². The lowest BCUT2D eigenvalue weighted by atomic mass is 10.1. The molecule has 2 atom stereocenters. The van der Waals surface area contributed by atoms with Crippen molar-refractivity contribution in [3.8, 4) is 0 Å². The van der Waals surface area contributed by atoms with Crippen molar-refractivity contribution in [3.05, 3.63) is 28.7 Å². The van der Waals surface area contributed by atoms with Gasteiger partial charge < -0.3 is 4.90 Å². The van der Waals surface area contributed by atoms with Gasteiger partial charge in [-0.2, -0.15) is 0 Å². The summed E-state index contributed by atoms with van der Waals surface area (Å²) in [5.74, 6) is 0.278. The zero-order valence-electron chi connectivity index (χ0n) is 8.02. The fourth-order valence-electron chi connectivity index (χ4n) is 2.08. The average Bonchev–Trinajstić information content (AvgIpc) is 2.16. The first-order chi connectivity index (χ1) is 7.24. The molecule has 3 aliphatic heterocycles. The highest BCUT2D eigenvalue weighted by molar-refractivity contribution is 9.10. The topological polar surface area (TPSA) is 20.3 Å². The van der Waals surface area contributed by atoms with Crippen molar-refractivity contribution in [3.63, 3.8) is 0 Å². The average molecular weight is 284 g/mol. The Bertz CT molecular complexity index is 417. The molecule has 0 aliphatic carbocycles. The minimum atomic E-state index is 0.225. The quantitative estimate of drug-likeness (QED) is 0.790. The summed E-state index contributed by atoms with van der Waals surface area (Å²) >= 11 is 5.25. The number of piperidine rings is 1. The van der Waals surface area contributed by atoms with Gasteiger partial charge in [-0.25, -0.2) is 0 Å². The third-order valence-corrected chi connectivity index (χ3v) is 4.82. The van der Waals surface area contributed by atoms with Crippen LogP contribution in [0.1, 0.15) is 6.42 Å². The van der Waals surface area contributed by atoms with Crippen molar-refractivity contribution in [2.24, 2.45) is 0 Å². The number of halogens is 1. The van der Waals surface area contributed by atoms with Crippen LogP contribution in [-0.4, -0.2) is 23.0 Å². The molecule has 1 aromatic rings. The normalized spacial score (nSPS) is 28.9. The molecule has 0 radical (unpaired) electrons.